The third kappa shape index (κ3) is 9.69. The molecule has 0 unspecified atom stereocenters. The Bertz CT molecular complexity index is 517. The molecule has 1 heterocycles. The number of hydrogen-bond acceptors (Lipinski definition) is 6. The molecule has 1 aliphatic heterocycles. The van der Waals surface area contributed by atoms with E-state index < -0.39 is 6.09 Å². The van der Waals surface area contributed by atoms with Gasteiger partial charge in [0.1, 0.15) is 12.2 Å². The summed E-state index contributed by atoms with van der Waals surface area (Å²) in [6.45, 7) is 7.80. The SMILES string of the molecule is CC(C)(C)OC=O.N[C@@H]1CNCC[C@@H]1NC(=O)OCc1ccccc1. The van der Waals surface area contributed by atoms with Crippen molar-refractivity contribution in [3.05, 3.63) is 35.9 Å². The van der Waals surface area contributed by atoms with Crippen LogP contribution in [0.5, 0.6) is 0 Å². The van der Waals surface area contributed by atoms with Crippen LogP contribution in [-0.2, 0) is 20.9 Å². The molecule has 1 aliphatic rings. The maximum atomic E-state index is 11.6. The minimum atomic E-state index is -0.402. The lowest BCUT2D eigenvalue weighted by Gasteiger charge is -2.29. The van der Waals surface area contributed by atoms with Gasteiger partial charge in [0.25, 0.3) is 6.47 Å². The summed E-state index contributed by atoms with van der Waals surface area (Å²) >= 11 is 0. The Morgan fingerprint density at radius 1 is 1.36 bits per heavy atom. The lowest BCUT2D eigenvalue weighted by Crippen LogP contribution is -2.56. The van der Waals surface area contributed by atoms with Crippen LogP contribution < -0.4 is 16.4 Å². The number of amides is 1. The van der Waals surface area contributed by atoms with Gasteiger partial charge in [0.15, 0.2) is 0 Å². The second kappa shape index (κ2) is 10.7. The number of benzene rings is 1. The average molecular weight is 351 g/mol. The summed E-state index contributed by atoms with van der Waals surface area (Å²) in [5, 5.41) is 5.99. The van der Waals surface area contributed by atoms with Crippen LogP contribution in [0.25, 0.3) is 0 Å². The van der Waals surface area contributed by atoms with Crippen LogP contribution in [0.15, 0.2) is 30.3 Å². The molecule has 4 N–H and O–H groups in total. The average Bonchev–Trinajstić information content (AvgIpc) is 2.56. The van der Waals surface area contributed by atoms with E-state index >= 15 is 0 Å². The Balaban J connectivity index is 0.000000381. The molecule has 0 aromatic heterocycles. The van der Waals surface area contributed by atoms with Crippen LogP contribution in [0.2, 0.25) is 0 Å². The Labute approximate surface area is 149 Å². The monoisotopic (exact) mass is 351 g/mol. The zero-order chi connectivity index (χ0) is 18.7. The zero-order valence-corrected chi connectivity index (χ0v) is 15.2. The van der Waals surface area contributed by atoms with Crippen molar-refractivity contribution < 1.29 is 19.1 Å². The third-order valence-electron chi connectivity index (χ3n) is 3.45. The summed E-state index contributed by atoms with van der Waals surface area (Å²) < 4.78 is 9.70. The molecule has 0 aliphatic carbocycles. The standard InChI is InChI=1S/C13H19N3O2.C5H10O2/c14-11-8-15-7-6-12(11)16-13(17)18-9-10-4-2-1-3-5-10;1-5(2,3)7-4-6/h1-5,11-12,15H,6-9,14H2,(H,16,17);4H,1-3H3/t11-,12+;/m1./s1. The first-order valence-corrected chi connectivity index (χ1v) is 8.37. The predicted molar refractivity (Wildman–Crippen MR) is 95.9 cm³/mol. The quantitative estimate of drug-likeness (QED) is 0.712. The van der Waals surface area contributed by atoms with Gasteiger partial charge in [0.05, 0.1) is 0 Å². The minimum Gasteiger partial charge on any atom is -0.462 e. The van der Waals surface area contributed by atoms with E-state index in [2.05, 4.69) is 15.4 Å². The van der Waals surface area contributed by atoms with Crippen molar-refractivity contribution in [2.45, 2.75) is 51.5 Å². The number of piperidine rings is 1. The third-order valence-corrected chi connectivity index (χ3v) is 3.45. The topological polar surface area (TPSA) is 103 Å². The van der Waals surface area contributed by atoms with Crippen LogP contribution in [-0.4, -0.2) is 43.3 Å². The van der Waals surface area contributed by atoms with Gasteiger partial charge in [-0.1, -0.05) is 30.3 Å². The molecule has 0 saturated carbocycles. The fourth-order valence-corrected chi connectivity index (χ4v) is 2.12. The van der Waals surface area contributed by atoms with Gasteiger partial charge in [0.2, 0.25) is 0 Å². The van der Waals surface area contributed by atoms with E-state index in [0.717, 1.165) is 25.1 Å². The van der Waals surface area contributed by atoms with Gasteiger partial charge in [0, 0.05) is 18.6 Å². The molecule has 0 radical (unpaired) electrons. The van der Waals surface area contributed by atoms with Crippen molar-refractivity contribution in [2.75, 3.05) is 13.1 Å². The number of alkyl carbamates (subject to hydrolysis) is 1. The van der Waals surface area contributed by atoms with Crippen molar-refractivity contribution in [1.82, 2.24) is 10.6 Å². The van der Waals surface area contributed by atoms with Crippen molar-refractivity contribution in [2.24, 2.45) is 5.73 Å². The number of nitrogens with one attached hydrogen (secondary N) is 2. The highest BCUT2D eigenvalue weighted by Gasteiger charge is 2.23. The van der Waals surface area contributed by atoms with Crippen LogP contribution in [0.1, 0.15) is 32.8 Å². The summed E-state index contributed by atoms with van der Waals surface area (Å²) in [4.78, 5) is 21.2. The van der Waals surface area contributed by atoms with E-state index in [4.69, 9.17) is 10.5 Å². The molecular weight excluding hydrogens is 322 g/mol. The lowest BCUT2D eigenvalue weighted by molar-refractivity contribution is -0.138. The van der Waals surface area contributed by atoms with Crippen molar-refractivity contribution in [3.63, 3.8) is 0 Å². The fraction of sp³-hybridized carbons (Fsp3) is 0.556. The minimum absolute atomic E-state index is 0.00507. The highest BCUT2D eigenvalue weighted by molar-refractivity contribution is 5.67. The van der Waals surface area contributed by atoms with Crippen molar-refractivity contribution in [1.29, 1.82) is 0 Å². The fourth-order valence-electron chi connectivity index (χ4n) is 2.12. The number of rotatable bonds is 4. The second-order valence-electron chi connectivity index (χ2n) is 6.80. The highest BCUT2D eigenvalue weighted by Crippen LogP contribution is 2.04. The first kappa shape index (κ1) is 20.9. The molecule has 1 aromatic rings. The van der Waals surface area contributed by atoms with E-state index in [1.54, 1.807) is 0 Å². The summed E-state index contributed by atoms with van der Waals surface area (Å²) in [6, 6.07) is 9.54. The molecule has 0 spiro atoms. The summed E-state index contributed by atoms with van der Waals surface area (Å²) in [5.74, 6) is 0. The Morgan fingerprint density at radius 2 is 2.04 bits per heavy atom. The highest BCUT2D eigenvalue weighted by atomic mass is 16.5. The molecule has 140 valence electrons. The van der Waals surface area contributed by atoms with Crippen LogP contribution in [0, 0.1) is 0 Å². The molecule has 0 bridgehead atoms. The van der Waals surface area contributed by atoms with E-state index in [-0.39, 0.29) is 24.3 Å². The lowest BCUT2D eigenvalue weighted by atomic mass is 10.0. The van der Waals surface area contributed by atoms with Crippen LogP contribution >= 0.6 is 0 Å². The number of hydrogen-bond donors (Lipinski definition) is 3. The smallest absolute Gasteiger partial charge is 0.407 e. The number of carbonyl (C=O) groups is 2. The molecule has 1 aromatic carbocycles. The maximum absolute atomic E-state index is 11.6. The van der Waals surface area contributed by atoms with Gasteiger partial charge < -0.3 is 25.8 Å². The van der Waals surface area contributed by atoms with E-state index in [0.29, 0.717) is 6.47 Å². The second-order valence-corrected chi connectivity index (χ2v) is 6.80. The first-order valence-electron chi connectivity index (χ1n) is 8.37. The molecular formula is C18H29N3O4. The number of nitrogens with two attached hydrogens (primary N) is 1. The van der Waals surface area contributed by atoms with Crippen LogP contribution in [0.3, 0.4) is 0 Å². The van der Waals surface area contributed by atoms with Gasteiger partial charge in [-0.05, 0) is 39.3 Å². The van der Waals surface area contributed by atoms with Gasteiger partial charge in [-0.2, -0.15) is 0 Å². The maximum Gasteiger partial charge on any atom is 0.407 e. The number of carbonyl (C=O) groups excluding carboxylic acids is 2. The van der Waals surface area contributed by atoms with Gasteiger partial charge in [-0.3, -0.25) is 4.79 Å². The van der Waals surface area contributed by atoms with E-state index in [1.165, 1.54) is 0 Å². The molecule has 25 heavy (non-hydrogen) atoms. The largest absolute Gasteiger partial charge is 0.462 e. The van der Waals surface area contributed by atoms with Crippen LogP contribution in [0.4, 0.5) is 4.79 Å². The van der Waals surface area contributed by atoms with Gasteiger partial charge in [-0.25, -0.2) is 4.79 Å². The van der Waals surface area contributed by atoms with Crippen molar-refractivity contribution in [3.8, 4) is 0 Å². The number of ether oxygens (including phenoxy) is 2. The molecule has 1 amide bonds. The molecule has 2 rings (SSSR count). The van der Waals surface area contributed by atoms with E-state index in [9.17, 15) is 9.59 Å². The molecule has 2 atom stereocenters. The summed E-state index contributed by atoms with van der Waals surface area (Å²) in [6.07, 6.45) is 0.433. The normalized spacial score (nSPS) is 19.8. The Morgan fingerprint density at radius 3 is 2.56 bits per heavy atom. The predicted octanol–water partition coefficient (Wildman–Crippen LogP) is 1.56. The van der Waals surface area contributed by atoms with E-state index in [1.807, 2.05) is 51.1 Å². The molecule has 7 nitrogen and oxygen atoms in total. The zero-order valence-electron chi connectivity index (χ0n) is 15.2. The van der Waals surface area contributed by atoms with Gasteiger partial charge >= 0.3 is 6.09 Å². The molecule has 7 heteroatoms. The van der Waals surface area contributed by atoms with Gasteiger partial charge in [-0.15, -0.1) is 0 Å². The Hall–Kier alpha value is -2.12. The summed E-state index contributed by atoms with van der Waals surface area (Å²) in [5.41, 5.74) is 6.56. The Kier molecular flexibility index (Phi) is 8.94. The molecule has 1 fully saturated rings. The first-order chi connectivity index (χ1) is 11.8. The molecule has 1 saturated heterocycles. The van der Waals surface area contributed by atoms with Crippen molar-refractivity contribution >= 4 is 12.6 Å². The summed E-state index contributed by atoms with van der Waals surface area (Å²) in [7, 11) is 0.